The van der Waals surface area contributed by atoms with Crippen molar-refractivity contribution >= 4 is 17.7 Å². The summed E-state index contributed by atoms with van der Waals surface area (Å²) in [4.78, 5) is 30.1. The highest BCUT2D eigenvalue weighted by Gasteiger charge is 2.16. The molecular formula is C14H16N4O3. The van der Waals surface area contributed by atoms with Crippen LogP contribution in [0.2, 0.25) is 0 Å². The molecule has 0 aliphatic heterocycles. The predicted octanol–water partition coefficient (Wildman–Crippen LogP) is 2.30. The van der Waals surface area contributed by atoms with Gasteiger partial charge in [0.25, 0.3) is 0 Å². The topological polar surface area (TPSA) is 107 Å². The Balaban J connectivity index is 2.11. The van der Waals surface area contributed by atoms with E-state index in [-0.39, 0.29) is 17.3 Å². The van der Waals surface area contributed by atoms with Gasteiger partial charge in [-0.3, -0.25) is 0 Å². The van der Waals surface area contributed by atoms with Gasteiger partial charge in [-0.1, -0.05) is 12.1 Å². The van der Waals surface area contributed by atoms with Crippen LogP contribution in [0.5, 0.6) is 0 Å². The molecule has 0 saturated carbocycles. The van der Waals surface area contributed by atoms with E-state index in [0.717, 1.165) is 0 Å². The maximum absolute atomic E-state index is 12.0. The molecule has 0 bridgehead atoms. The Morgan fingerprint density at radius 2 is 2.14 bits per heavy atom. The molecule has 0 aliphatic rings. The molecule has 0 aliphatic carbocycles. The number of urea groups is 1. The van der Waals surface area contributed by atoms with Gasteiger partial charge in [0.05, 0.1) is 17.3 Å². The summed E-state index contributed by atoms with van der Waals surface area (Å²) in [7, 11) is 0. The highest BCUT2D eigenvalue weighted by Crippen LogP contribution is 2.20. The highest BCUT2D eigenvalue weighted by molar-refractivity contribution is 6.01. The lowest BCUT2D eigenvalue weighted by Gasteiger charge is -2.15. The standard InChI is InChI=1S/C14H16N4O3/c1-8-4-3-5-10(13(19)20)11(8)18-14(21)17-9(2)12-15-6-7-16-12/h3-7,9H,1-2H3,(H,15,16)(H,19,20)(H2,17,18,21). The Morgan fingerprint density at radius 3 is 2.76 bits per heavy atom. The van der Waals surface area contributed by atoms with Gasteiger partial charge in [-0.25, -0.2) is 14.6 Å². The third kappa shape index (κ3) is 3.38. The van der Waals surface area contributed by atoms with Crippen LogP contribution in [0, 0.1) is 6.92 Å². The van der Waals surface area contributed by atoms with Crippen molar-refractivity contribution in [2.45, 2.75) is 19.9 Å². The fraction of sp³-hybridized carbons (Fsp3) is 0.214. The molecular weight excluding hydrogens is 272 g/mol. The number of carboxylic acid groups (broad SMARTS) is 1. The van der Waals surface area contributed by atoms with E-state index in [9.17, 15) is 9.59 Å². The quantitative estimate of drug-likeness (QED) is 0.692. The number of hydrogen-bond donors (Lipinski definition) is 4. The second kappa shape index (κ2) is 6.08. The third-order valence-electron chi connectivity index (χ3n) is 3.02. The number of amides is 2. The SMILES string of the molecule is Cc1cccc(C(=O)O)c1NC(=O)NC(C)c1ncc[nH]1. The Labute approximate surface area is 121 Å². The molecule has 1 atom stereocenters. The summed E-state index contributed by atoms with van der Waals surface area (Å²) in [6.45, 7) is 3.51. The smallest absolute Gasteiger partial charge is 0.337 e. The molecule has 110 valence electrons. The Hall–Kier alpha value is -2.83. The molecule has 0 spiro atoms. The first-order chi connectivity index (χ1) is 9.99. The zero-order valence-electron chi connectivity index (χ0n) is 11.7. The number of aromatic carboxylic acids is 1. The number of para-hydroxylation sites is 1. The van der Waals surface area contributed by atoms with Gasteiger partial charge >= 0.3 is 12.0 Å². The van der Waals surface area contributed by atoms with Crippen LogP contribution in [-0.4, -0.2) is 27.1 Å². The van der Waals surface area contributed by atoms with Crippen molar-refractivity contribution in [3.05, 3.63) is 47.5 Å². The maximum atomic E-state index is 12.0. The second-order valence-corrected chi connectivity index (χ2v) is 4.60. The lowest BCUT2D eigenvalue weighted by Crippen LogP contribution is -2.32. The van der Waals surface area contributed by atoms with Crippen LogP contribution >= 0.6 is 0 Å². The summed E-state index contributed by atoms with van der Waals surface area (Å²) in [6.07, 6.45) is 3.25. The van der Waals surface area contributed by atoms with E-state index in [2.05, 4.69) is 20.6 Å². The summed E-state index contributed by atoms with van der Waals surface area (Å²) in [6, 6.07) is 4.00. The van der Waals surface area contributed by atoms with Crippen LogP contribution in [0.3, 0.4) is 0 Å². The number of aryl methyl sites for hydroxylation is 1. The molecule has 1 heterocycles. The summed E-state index contributed by atoms with van der Waals surface area (Å²) in [5.41, 5.74) is 1.01. The van der Waals surface area contributed by atoms with E-state index < -0.39 is 12.0 Å². The lowest BCUT2D eigenvalue weighted by molar-refractivity contribution is 0.0698. The van der Waals surface area contributed by atoms with Gasteiger partial charge in [0.1, 0.15) is 5.82 Å². The van der Waals surface area contributed by atoms with Gasteiger partial charge in [0, 0.05) is 12.4 Å². The maximum Gasteiger partial charge on any atom is 0.337 e. The molecule has 0 fully saturated rings. The first kappa shape index (κ1) is 14.6. The van der Waals surface area contributed by atoms with E-state index in [1.807, 2.05) is 0 Å². The van der Waals surface area contributed by atoms with Crippen molar-refractivity contribution in [2.75, 3.05) is 5.32 Å². The summed E-state index contributed by atoms with van der Waals surface area (Å²) < 4.78 is 0. The number of nitrogens with zero attached hydrogens (tertiary/aromatic N) is 1. The minimum absolute atomic E-state index is 0.0517. The molecule has 21 heavy (non-hydrogen) atoms. The number of rotatable bonds is 4. The van der Waals surface area contributed by atoms with Gasteiger partial charge in [0.15, 0.2) is 0 Å². The fourth-order valence-corrected chi connectivity index (χ4v) is 1.94. The Kier molecular flexibility index (Phi) is 4.22. The molecule has 2 amide bonds. The Morgan fingerprint density at radius 1 is 1.38 bits per heavy atom. The normalized spacial score (nSPS) is 11.7. The molecule has 2 aromatic rings. The van der Waals surface area contributed by atoms with Gasteiger partial charge in [-0.15, -0.1) is 0 Å². The molecule has 2 rings (SSSR count). The van der Waals surface area contributed by atoms with Crippen LogP contribution in [0.25, 0.3) is 0 Å². The number of hydrogen-bond acceptors (Lipinski definition) is 3. The van der Waals surface area contributed by atoms with E-state index in [1.165, 1.54) is 6.07 Å². The molecule has 7 heteroatoms. The second-order valence-electron chi connectivity index (χ2n) is 4.60. The van der Waals surface area contributed by atoms with Crippen molar-refractivity contribution in [3.63, 3.8) is 0 Å². The van der Waals surface area contributed by atoms with Crippen molar-refractivity contribution in [3.8, 4) is 0 Å². The monoisotopic (exact) mass is 288 g/mol. The van der Waals surface area contributed by atoms with Gasteiger partial charge in [-0.05, 0) is 25.5 Å². The number of nitrogens with one attached hydrogen (secondary N) is 3. The average Bonchev–Trinajstić information content (AvgIpc) is 2.94. The minimum atomic E-state index is -1.09. The number of aromatic nitrogens is 2. The van der Waals surface area contributed by atoms with Crippen LogP contribution in [0.15, 0.2) is 30.6 Å². The lowest BCUT2D eigenvalue weighted by atomic mass is 10.1. The van der Waals surface area contributed by atoms with Gasteiger partial charge < -0.3 is 20.7 Å². The predicted molar refractivity (Wildman–Crippen MR) is 77.3 cm³/mol. The average molecular weight is 288 g/mol. The Bertz CT molecular complexity index is 652. The number of carbonyl (C=O) groups is 2. The van der Waals surface area contributed by atoms with E-state index in [4.69, 9.17) is 5.11 Å². The van der Waals surface area contributed by atoms with E-state index >= 15 is 0 Å². The number of imidazole rings is 1. The molecule has 7 nitrogen and oxygen atoms in total. The zero-order chi connectivity index (χ0) is 15.4. The minimum Gasteiger partial charge on any atom is -0.478 e. The van der Waals surface area contributed by atoms with Crippen LogP contribution in [0.1, 0.15) is 34.7 Å². The first-order valence-corrected chi connectivity index (χ1v) is 6.38. The van der Waals surface area contributed by atoms with E-state index in [1.54, 1.807) is 38.4 Å². The van der Waals surface area contributed by atoms with Crippen LogP contribution in [0.4, 0.5) is 10.5 Å². The van der Waals surface area contributed by atoms with Crippen LogP contribution in [-0.2, 0) is 0 Å². The molecule has 1 aromatic carbocycles. The molecule has 0 saturated heterocycles. The van der Waals surface area contributed by atoms with Crippen molar-refractivity contribution < 1.29 is 14.7 Å². The zero-order valence-corrected chi connectivity index (χ0v) is 11.7. The van der Waals surface area contributed by atoms with Gasteiger partial charge in [0.2, 0.25) is 0 Å². The fourth-order valence-electron chi connectivity index (χ4n) is 1.94. The largest absolute Gasteiger partial charge is 0.478 e. The van der Waals surface area contributed by atoms with E-state index in [0.29, 0.717) is 11.4 Å². The number of anilines is 1. The van der Waals surface area contributed by atoms with Crippen molar-refractivity contribution in [2.24, 2.45) is 0 Å². The molecule has 1 aromatic heterocycles. The highest BCUT2D eigenvalue weighted by atomic mass is 16.4. The number of benzene rings is 1. The summed E-state index contributed by atoms with van der Waals surface area (Å²) in [5.74, 6) is -0.471. The summed E-state index contributed by atoms with van der Waals surface area (Å²) in [5, 5.41) is 14.4. The number of carbonyl (C=O) groups excluding carboxylic acids is 1. The number of H-pyrrole nitrogens is 1. The van der Waals surface area contributed by atoms with Gasteiger partial charge in [-0.2, -0.15) is 0 Å². The van der Waals surface area contributed by atoms with Crippen LogP contribution < -0.4 is 10.6 Å². The number of aromatic amines is 1. The first-order valence-electron chi connectivity index (χ1n) is 6.38. The van der Waals surface area contributed by atoms with Crippen molar-refractivity contribution in [1.29, 1.82) is 0 Å². The number of carboxylic acids is 1. The molecule has 0 radical (unpaired) electrons. The van der Waals surface area contributed by atoms with Crippen molar-refractivity contribution in [1.82, 2.24) is 15.3 Å². The third-order valence-corrected chi connectivity index (χ3v) is 3.02. The summed E-state index contributed by atoms with van der Waals surface area (Å²) >= 11 is 0. The molecule has 1 unspecified atom stereocenters. The molecule has 4 N–H and O–H groups in total.